The number of nitrogens with one attached hydrogen (secondary N) is 2. The van der Waals surface area contributed by atoms with Crippen LogP contribution in [0.15, 0.2) is 41.6 Å². The number of hydrazine groups is 1. The number of urea groups is 1. The number of nitrogens with zero attached hydrogens (tertiary/aromatic N) is 1. The number of allylic oxidation sites excluding steroid dienone is 1. The third-order valence-electron chi connectivity index (χ3n) is 5.66. The molecular weight excluding hydrogens is 434 g/mol. The van der Waals surface area contributed by atoms with Crippen molar-refractivity contribution < 1.29 is 38.1 Å². The highest BCUT2D eigenvalue weighted by atomic mass is 16.6. The number of rotatable bonds is 8. The van der Waals surface area contributed by atoms with E-state index in [4.69, 9.17) is 18.9 Å². The zero-order valence-corrected chi connectivity index (χ0v) is 18.9. The van der Waals surface area contributed by atoms with Gasteiger partial charge in [-0.15, -0.1) is 0 Å². The minimum atomic E-state index is -1.84. The monoisotopic (exact) mass is 461 g/mol. The predicted octanol–water partition coefficient (Wildman–Crippen LogP) is 1.71. The van der Waals surface area contributed by atoms with Crippen molar-refractivity contribution in [3.05, 3.63) is 41.6 Å². The number of carbonyl (C=O) groups is 4. The van der Waals surface area contributed by atoms with Crippen LogP contribution < -0.4 is 10.7 Å². The van der Waals surface area contributed by atoms with Gasteiger partial charge in [0.15, 0.2) is 5.41 Å². The van der Waals surface area contributed by atoms with Gasteiger partial charge in [-0.3, -0.25) is 9.59 Å². The number of carbonyl (C=O) groups excluding carboxylic acids is 4. The Labute approximate surface area is 190 Å². The maximum atomic E-state index is 13.2. The van der Waals surface area contributed by atoms with Crippen LogP contribution in [0.1, 0.15) is 27.2 Å². The quantitative estimate of drug-likeness (QED) is 0.337. The molecule has 33 heavy (non-hydrogen) atoms. The Kier molecular flexibility index (Phi) is 6.92. The van der Waals surface area contributed by atoms with Crippen molar-refractivity contribution in [3.8, 4) is 0 Å². The number of para-hydroxylation sites is 1. The summed E-state index contributed by atoms with van der Waals surface area (Å²) in [6, 6.07) is 7.99. The van der Waals surface area contributed by atoms with Gasteiger partial charge in [-0.2, -0.15) is 0 Å². The van der Waals surface area contributed by atoms with Crippen LogP contribution in [0.5, 0.6) is 0 Å². The summed E-state index contributed by atoms with van der Waals surface area (Å²) >= 11 is 0. The van der Waals surface area contributed by atoms with Crippen molar-refractivity contribution in [1.29, 1.82) is 0 Å². The van der Waals surface area contributed by atoms with E-state index in [0.29, 0.717) is 5.69 Å². The van der Waals surface area contributed by atoms with Crippen molar-refractivity contribution in [2.45, 2.75) is 32.9 Å². The van der Waals surface area contributed by atoms with Gasteiger partial charge in [0, 0.05) is 18.5 Å². The van der Waals surface area contributed by atoms with Gasteiger partial charge in [0.1, 0.15) is 6.61 Å². The molecule has 2 aliphatic heterocycles. The van der Waals surface area contributed by atoms with Crippen LogP contribution in [0.3, 0.4) is 0 Å². The molecule has 0 saturated carbocycles. The van der Waals surface area contributed by atoms with Gasteiger partial charge in [-0.05, 0) is 32.9 Å². The summed E-state index contributed by atoms with van der Waals surface area (Å²) in [6.07, 6.45) is -0.452. The van der Waals surface area contributed by atoms with Crippen LogP contribution in [0, 0.1) is 5.41 Å². The van der Waals surface area contributed by atoms with Crippen molar-refractivity contribution in [2.24, 2.45) is 5.41 Å². The molecule has 2 unspecified atom stereocenters. The summed E-state index contributed by atoms with van der Waals surface area (Å²) in [5.41, 5.74) is -0.429. The molecule has 2 N–H and O–H groups in total. The highest BCUT2D eigenvalue weighted by molar-refractivity contribution is 6.04. The van der Waals surface area contributed by atoms with E-state index < -0.39 is 41.5 Å². The lowest BCUT2D eigenvalue weighted by molar-refractivity contribution is -0.185. The average molecular weight is 461 g/mol. The molecule has 178 valence electrons. The largest absolute Gasteiger partial charge is 0.465 e. The van der Waals surface area contributed by atoms with Gasteiger partial charge in [-0.25, -0.2) is 20.0 Å². The Morgan fingerprint density at radius 3 is 2.48 bits per heavy atom. The number of hydrogen-bond donors (Lipinski definition) is 2. The maximum Gasteiger partial charge on any atom is 0.338 e. The molecule has 2 heterocycles. The number of fused-ring (bicyclic) bond motifs is 1. The molecule has 11 nitrogen and oxygen atoms in total. The first-order chi connectivity index (χ1) is 15.7. The molecule has 0 aliphatic carbocycles. The molecule has 0 bridgehead atoms. The van der Waals surface area contributed by atoms with Crippen LogP contribution in [0.25, 0.3) is 0 Å². The number of anilines is 1. The average Bonchev–Trinajstić information content (AvgIpc) is 3.13. The number of hydrogen-bond acceptors (Lipinski definition) is 9. The molecule has 0 spiro atoms. The van der Waals surface area contributed by atoms with Gasteiger partial charge in [0.05, 0.1) is 25.2 Å². The summed E-state index contributed by atoms with van der Waals surface area (Å²) in [7, 11) is 1.45. The number of amides is 2. The standard InChI is InChI=1S/C22H27N3O8/c1-5-31-19(28)22-13-16(26)33-21(22,3)25(14(2)17(22)18(27)32-12-11-30-4)24-20(29)23-15-9-7-6-8-10-15/h6-10H,5,11-13H2,1-4H3,(H2,23,24,29). The Hall–Kier alpha value is -3.60. The summed E-state index contributed by atoms with van der Waals surface area (Å²) in [5, 5.41) is 3.84. The topological polar surface area (TPSA) is 132 Å². The first kappa shape index (κ1) is 24.1. The van der Waals surface area contributed by atoms with Crippen molar-refractivity contribution in [2.75, 3.05) is 32.2 Å². The summed E-state index contributed by atoms with van der Waals surface area (Å²) < 4.78 is 21.0. The Morgan fingerprint density at radius 1 is 1.15 bits per heavy atom. The molecule has 1 aromatic carbocycles. The predicted molar refractivity (Wildman–Crippen MR) is 114 cm³/mol. The number of ether oxygens (including phenoxy) is 4. The molecule has 3 rings (SSSR count). The zero-order chi connectivity index (χ0) is 24.2. The fraction of sp³-hybridized carbons (Fsp3) is 0.455. The van der Waals surface area contributed by atoms with E-state index in [2.05, 4.69) is 10.7 Å². The van der Waals surface area contributed by atoms with Gasteiger partial charge in [-0.1, -0.05) is 18.2 Å². The molecule has 0 radical (unpaired) electrons. The van der Waals surface area contributed by atoms with E-state index in [1.165, 1.54) is 26.0 Å². The first-order valence-corrected chi connectivity index (χ1v) is 10.4. The molecule has 1 fully saturated rings. The van der Waals surface area contributed by atoms with E-state index >= 15 is 0 Å². The Morgan fingerprint density at radius 2 is 1.85 bits per heavy atom. The Bertz CT molecular complexity index is 979. The number of benzene rings is 1. The van der Waals surface area contributed by atoms with Crippen LogP contribution in [0.4, 0.5) is 10.5 Å². The highest BCUT2D eigenvalue weighted by Crippen LogP contribution is 2.58. The van der Waals surface area contributed by atoms with E-state index in [0.717, 1.165) is 0 Å². The van der Waals surface area contributed by atoms with Gasteiger partial charge in [0.25, 0.3) is 0 Å². The maximum absolute atomic E-state index is 13.2. The zero-order valence-electron chi connectivity index (χ0n) is 18.9. The first-order valence-electron chi connectivity index (χ1n) is 10.4. The molecule has 2 amide bonds. The van der Waals surface area contributed by atoms with Crippen LogP contribution in [0.2, 0.25) is 0 Å². The normalized spacial score (nSPS) is 23.6. The van der Waals surface area contributed by atoms with Gasteiger partial charge >= 0.3 is 23.9 Å². The summed E-state index contributed by atoms with van der Waals surface area (Å²) in [6.45, 7) is 4.65. The van der Waals surface area contributed by atoms with Crippen LogP contribution in [-0.4, -0.2) is 61.6 Å². The van der Waals surface area contributed by atoms with Gasteiger partial charge < -0.3 is 24.3 Å². The van der Waals surface area contributed by atoms with Crippen LogP contribution in [-0.2, 0) is 33.3 Å². The van der Waals surface area contributed by atoms with Crippen molar-refractivity contribution in [1.82, 2.24) is 10.4 Å². The smallest absolute Gasteiger partial charge is 0.338 e. The highest BCUT2D eigenvalue weighted by Gasteiger charge is 2.75. The van der Waals surface area contributed by atoms with E-state index in [9.17, 15) is 19.2 Å². The lowest BCUT2D eigenvalue weighted by Crippen LogP contribution is -2.60. The second-order valence-electron chi connectivity index (χ2n) is 7.62. The van der Waals surface area contributed by atoms with Gasteiger partial charge in [0.2, 0.25) is 5.72 Å². The minimum absolute atomic E-state index is 0.0117. The van der Waals surface area contributed by atoms with E-state index in [1.54, 1.807) is 37.3 Å². The molecular formula is C22H27N3O8. The fourth-order valence-corrected chi connectivity index (χ4v) is 4.23. The van der Waals surface area contributed by atoms with E-state index in [1.807, 2.05) is 0 Å². The third-order valence-corrected chi connectivity index (χ3v) is 5.66. The molecule has 2 atom stereocenters. The molecule has 1 saturated heterocycles. The molecule has 1 aromatic rings. The molecule has 11 heteroatoms. The van der Waals surface area contributed by atoms with Crippen molar-refractivity contribution >= 4 is 29.6 Å². The van der Waals surface area contributed by atoms with Crippen molar-refractivity contribution in [3.63, 3.8) is 0 Å². The molecule has 2 aliphatic rings. The number of methoxy groups -OCH3 is 1. The third kappa shape index (κ3) is 4.11. The van der Waals surface area contributed by atoms with Crippen LogP contribution >= 0.6 is 0 Å². The second-order valence-corrected chi connectivity index (χ2v) is 7.62. The second kappa shape index (κ2) is 9.49. The SMILES string of the molecule is CCOC(=O)C12CC(=O)OC1(C)N(NC(=O)Nc1ccccc1)C(C)=C2C(=O)OCCOC. The fourth-order valence-electron chi connectivity index (χ4n) is 4.23. The Balaban J connectivity index is 2.01. The number of esters is 3. The van der Waals surface area contributed by atoms with E-state index in [-0.39, 0.29) is 31.1 Å². The summed E-state index contributed by atoms with van der Waals surface area (Å²) in [5.74, 6) is -2.39. The summed E-state index contributed by atoms with van der Waals surface area (Å²) in [4.78, 5) is 51.5. The molecule has 0 aromatic heterocycles. The minimum Gasteiger partial charge on any atom is -0.465 e. The lowest BCUT2D eigenvalue weighted by atomic mass is 9.73. The lowest BCUT2D eigenvalue weighted by Gasteiger charge is -2.40.